The lowest BCUT2D eigenvalue weighted by Gasteiger charge is -2.13. The summed E-state index contributed by atoms with van der Waals surface area (Å²) in [5.74, 6) is 1.99. The van der Waals surface area contributed by atoms with Crippen molar-refractivity contribution in [2.75, 3.05) is 90.0 Å². The lowest BCUT2D eigenvalue weighted by molar-refractivity contribution is -0.130. The Morgan fingerprint density at radius 3 is 0.933 bits per heavy atom. The summed E-state index contributed by atoms with van der Waals surface area (Å²) < 4.78 is 155. The van der Waals surface area contributed by atoms with Gasteiger partial charge in [-0.3, -0.25) is 0 Å². The van der Waals surface area contributed by atoms with Crippen molar-refractivity contribution in [3.8, 4) is 45.0 Å². The van der Waals surface area contributed by atoms with Crippen LogP contribution in [0.25, 0.3) is 67.6 Å². The van der Waals surface area contributed by atoms with E-state index in [1.54, 1.807) is 81.8 Å². The fourth-order valence-electron chi connectivity index (χ4n) is 19.7. The molecule has 4 aliphatic heterocycles. The summed E-state index contributed by atoms with van der Waals surface area (Å²) in [7, 11) is -15.2. The van der Waals surface area contributed by atoms with E-state index in [-0.39, 0.29) is 16.4 Å². The number of hydrogen-bond donors (Lipinski definition) is 0. The van der Waals surface area contributed by atoms with Gasteiger partial charge in [-0.2, -0.15) is 78.7 Å². The highest BCUT2D eigenvalue weighted by atomic mass is 32.2. The second kappa shape index (κ2) is 48.4. The van der Waals surface area contributed by atoms with Gasteiger partial charge in [-0.05, 0) is 308 Å². The zero-order chi connectivity index (χ0) is 105. The number of pyridine rings is 4. The van der Waals surface area contributed by atoms with Gasteiger partial charge in [-0.1, -0.05) is 153 Å². The third-order valence-corrected chi connectivity index (χ3v) is 35.1. The molecule has 13 aromatic heterocycles. The number of aromatic nitrogens is 21. The Hall–Kier alpha value is -13.2. The number of hydrogen-bond acceptors (Lipinski definition) is 26. The number of aryl methyl sites for hydroxylation is 6. The first kappa shape index (κ1) is 107. The zero-order valence-corrected chi connectivity index (χ0v) is 88.8. The van der Waals surface area contributed by atoms with Gasteiger partial charge in [0.1, 0.15) is 5.69 Å². The fraction of sp³-hybridized carbons (Fsp3) is 0.422. The molecule has 1 unspecified atom stereocenters. The number of alkyl halides is 3. The van der Waals surface area contributed by atoms with Gasteiger partial charge in [0.25, 0.3) is 40.1 Å². The van der Waals surface area contributed by atoms with Crippen molar-refractivity contribution in [2.24, 2.45) is 0 Å². The monoisotopic (exact) mass is 2120 g/mol. The SMILES string of the molecule is CCC(C)S(=O)(=O)n1cc(-c2cccc3nc(Cc4ccc(CCCN5CCCC5)cc4)nn23)cn1.CCCCCS(=O)(=O)n1cc(-c2cccc3nc(Cc4ccc(CCCN5CCCC5)cc4)nn23)cn1.Cc1noc(C)c1S(=O)(=O)n1cc(-c2cccc3nc(Cc4ccc(CCCN5CCCC5)cc4)nn23)cn1.O=S(=O)(CCC(F)(F)F)n1cc(-c2cccc3nc(Cc4ccc(CCCN5CCCC5)cc4)nn23)cn1. The number of rotatable bonds is 41. The molecule has 4 fully saturated rings. The Balaban J connectivity index is 0.000000131. The Bertz CT molecular complexity index is 7870. The first-order valence-electron chi connectivity index (χ1n) is 52.3. The van der Waals surface area contributed by atoms with Gasteiger partial charge in [-0.25, -0.2) is 63.3 Å². The molecule has 21 rings (SSSR count). The topological polar surface area (TPSA) is 368 Å². The number of nitrogens with zero attached hydrogens (tertiary/aromatic N) is 25. The van der Waals surface area contributed by atoms with E-state index < -0.39 is 63.7 Å². The molecule has 0 amide bonds. The quantitative estimate of drug-likeness (QED) is 0.0321. The fourth-order valence-corrected chi connectivity index (χ4v) is 24.7. The smallest absolute Gasteiger partial charge is 0.360 e. The highest BCUT2D eigenvalue weighted by molar-refractivity contribution is 7.90. The van der Waals surface area contributed by atoms with Crippen LogP contribution in [-0.4, -0.2) is 255 Å². The standard InChI is InChI=1S/C28H31N7O3S.C28H36N6O2S.C27H34N6O2S.C26H29F3N6O2S/c1-20-28(21(2)38-32-20)39(36,37)34-19-24(18-29-34)25-8-5-9-27-30-26(31-35(25)27)17-23-12-10-22(11-13-23)7-6-16-33-14-3-4-15-33;1-2-3-6-19-37(35,36)33-22-25(21-29-33)26-10-7-11-28-30-27(31-34(26)28)20-24-14-12-23(13-15-24)9-8-18-32-16-4-5-17-32;1-3-21(2)36(34,35)32-20-24(19-28-32)25-9-6-10-27-29-26(30-33(25)27)18-23-13-11-22(12-14-23)8-7-17-31-15-4-5-16-31;27-26(28,29)12-16-38(36,37)34-19-22(18-30-34)23-6-3-7-25-31-24(32-35(23)25)17-21-10-8-20(9-11-21)5-4-15-33-13-1-2-14-33/h5,8-13,18-19H,3-4,6-7,14-17H2,1-2H3;7,10-15,21-22H,2-6,8-9,16-20H2,1H3;6,9-14,19-21H,3-5,7-8,15-18H2,1-2H3;3,6-11,18-19H,1-2,4-5,12-17H2. The molecule has 150 heavy (non-hydrogen) atoms. The second-order valence-corrected chi connectivity index (χ2v) is 47.3. The van der Waals surface area contributed by atoms with E-state index in [2.05, 4.69) is 159 Å². The van der Waals surface area contributed by atoms with Gasteiger partial charge in [0, 0.05) is 47.9 Å². The maximum Gasteiger partial charge on any atom is 0.390 e. The van der Waals surface area contributed by atoms with Crippen LogP contribution in [0.4, 0.5) is 13.2 Å². The average Bonchev–Trinajstić information content (AvgIpc) is 1.61. The Morgan fingerprint density at radius 1 is 0.353 bits per heavy atom. The van der Waals surface area contributed by atoms with Crippen LogP contribution in [0.1, 0.15) is 209 Å². The van der Waals surface area contributed by atoms with Gasteiger partial charge in [0.05, 0.1) is 95.5 Å². The molecule has 17 aromatic rings. The molecule has 4 aromatic carbocycles. The van der Waals surface area contributed by atoms with Crippen LogP contribution >= 0.6 is 0 Å². The molecule has 0 bridgehead atoms. The molecular formula is C109H130F3N25O9S4. The van der Waals surface area contributed by atoms with E-state index in [4.69, 9.17) is 34.8 Å². The molecule has 41 heteroatoms. The van der Waals surface area contributed by atoms with Crippen LogP contribution in [-0.2, 0) is 91.5 Å². The Labute approximate surface area is 873 Å². The molecule has 1 atom stereocenters. The van der Waals surface area contributed by atoms with E-state index in [9.17, 15) is 46.8 Å². The van der Waals surface area contributed by atoms with E-state index in [0.29, 0.717) is 105 Å². The summed E-state index contributed by atoms with van der Waals surface area (Å²) in [4.78, 5) is 29.0. The summed E-state index contributed by atoms with van der Waals surface area (Å²) >= 11 is 0. The summed E-state index contributed by atoms with van der Waals surface area (Å²) in [5, 5.41) is 38.3. The van der Waals surface area contributed by atoms with Gasteiger partial charge in [-0.15, -0.1) is 0 Å². The zero-order valence-electron chi connectivity index (χ0n) is 85.6. The van der Waals surface area contributed by atoms with Gasteiger partial charge >= 0.3 is 6.18 Å². The van der Waals surface area contributed by atoms with Crippen molar-refractivity contribution in [2.45, 2.75) is 211 Å². The molecule has 4 saturated heterocycles. The maximum absolute atomic E-state index is 13.2. The molecule has 34 nitrogen and oxygen atoms in total. The van der Waals surface area contributed by atoms with Crippen LogP contribution in [0.2, 0.25) is 0 Å². The summed E-state index contributed by atoms with van der Waals surface area (Å²) in [6.45, 7) is 23.4. The van der Waals surface area contributed by atoms with Crippen molar-refractivity contribution in [1.29, 1.82) is 0 Å². The van der Waals surface area contributed by atoms with Gasteiger partial charge < -0.3 is 24.1 Å². The molecule has 0 N–H and O–H groups in total. The minimum atomic E-state index is -4.57. The number of halogens is 3. The van der Waals surface area contributed by atoms with Crippen molar-refractivity contribution >= 4 is 62.7 Å². The highest BCUT2D eigenvalue weighted by Gasteiger charge is 2.33. The Morgan fingerprint density at radius 2 is 0.640 bits per heavy atom. The van der Waals surface area contributed by atoms with Crippen molar-refractivity contribution in [3.05, 3.63) is 299 Å². The Kier molecular flexibility index (Phi) is 34.4. The summed E-state index contributed by atoms with van der Waals surface area (Å²) in [6, 6.07) is 57.1. The predicted octanol–water partition coefficient (Wildman–Crippen LogP) is 17.2. The molecule has 0 spiro atoms. The lowest BCUT2D eigenvalue weighted by atomic mass is 10.1. The molecule has 790 valence electrons. The van der Waals surface area contributed by atoms with Gasteiger partial charge in [0.15, 0.2) is 56.5 Å². The van der Waals surface area contributed by atoms with Crippen LogP contribution < -0.4 is 0 Å². The summed E-state index contributed by atoms with van der Waals surface area (Å²) in [5.41, 5.74) is 18.1. The molecular weight excluding hydrogens is 1990 g/mol. The summed E-state index contributed by atoms with van der Waals surface area (Å²) in [6.07, 6.45) is 30.9. The average molecular weight is 2120 g/mol. The van der Waals surface area contributed by atoms with Gasteiger partial charge in [0.2, 0.25) is 0 Å². The number of likely N-dealkylation sites (tertiary alicyclic amines) is 4. The molecule has 0 saturated carbocycles. The van der Waals surface area contributed by atoms with Crippen LogP contribution in [0.15, 0.2) is 229 Å². The molecule has 17 heterocycles. The molecule has 0 aliphatic carbocycles. The minimum Gasteiger partial charge on any atom is -0.360 e. The van der Waals surface area contributed by atoms with Crippen LogP contribution in [0, 0.1) is 13.8 Å². The first-order chi connectivity index (χ1) is 72.5. The van der Waals surface area contributed by atoms with E-state index >= 15 is 0 Å². The van der Waals surface area contributed by atoms with Crippen LogP contribution in [0.5, 0.6) is 0 Å². The van der Waals surface area contributed by atoms with Crippen molar-refractivity contribution in [1.82, 2.24) is 120 Å². The first-order valence-corrected chi connectivity index (χ1v) is 58.4. The minimum absolute atomic E-state index is 0.0241. The molecule has 0 radical (unpaired) electrons. The normalized spacial score (nSPS) is 14.9. The van der Waals surface area contributed by atoms with E-state index in [0.717, 1.165) is 109 Å². The largest absolute Gasteiger partial charge is 0.390 e. The van der Waals surface area contributed by atoms with E-state index in [1.165, 1.54) is 201 Å². The third-order valence-electron chi connectivity index (χ3n) is 28.2. The number of fused-ring (bicyclic) bond motifs is 4. The molecule has 4 aliphatic rings. The number of benzene rings is 4. The van der Waals surface area contributed by atoms with Crippen LogP contribution in [0.3, 0.4) is 0 Å². The van der Waals surface area contributed by atoms with E-state index in [1.807, 2.05) is 61.5 Å². The highest BCUT2D eigenvalue weighted by Crippen LogP contribution is 2.32. The lowest BCUT2D eigenvalue weighted by Crippen LogP contribution is -2.24. The number of unbranched alkanes of at least 4 members (excludes halogenated alkanes) is 2. The third kappa shape index (κ3) is 27.0. The van der Waals surface area contributed by atoms with Crippen molar-refractivity contribution < 1.29 is 51.4 Å². The predicted molar refractivity (Wildman–Crippen MR) is 571 cm³/mol. The van der Waals surface area contributed by atoms with Crippen molar-refractivity contribution in [3.63, 3.8) is 0 Å². The maximum atomic E-state index is 13.2. The second-order valence-electron chi connectivity index (χ2n) is 39.5.